The van der Waals surface area contributed by atoms with Gasteiger partial charge in [-0.2, -0.15) is 8.42 Å². The van der Waals surface area contributed by atoms with E-state index in [9.17, 15) is 8.42 Å². The average Bonchev–Trinajstić information content (AvgIpc) is 3.43. The van der Waals surface area contributed by atoms with Crippen molar-refractivity contribution in [2.24, 2.45) is 0 Å². The first kappa shape index (κ1) is 31.8. The van der Waals surface area contributed by atoms with Crippen LogP contribution in [0.3, 0.4) is 0 Å². The first-order valence-electron chi connectivity index (χ1n) is 15.0. The number of fused-ring (bicyclic) bond motifs is 1. The highest BCUT2D eigenvalue weighted by Crippen LogP contribution is 2.40. The van der Waals surface area contributed by atoms with E-state index >= 15 is 0 Å². The van der Waals surface area contributed by atoms with Crippen LogP contribution in [-0.4, -0.2) is 98.2 Å². The van der Waals surface area contributed by atoms with Crippen molar-refractivity contribution in [3.63, 3.8) is 0 Å². The van der Waals surface area contributed by atoms with Crippen molar-refractivity contribution < 1.29 is 17.3 Å². The lowest BCUT2D eigenvalue weighted by Gasteiger charge is -2.42. The molecule has 0 unspecified atom stereocenters. The summed E-state index contributed by atoms with van der Waals surface area (Å²) in [6.07, 6.45) is 5.12. The van der Waals surface area contributed by atoms with Crippen LogP contribution in [0, 0.1) is 0 Å². The Hall–Kier alpha value is -3.13. The van der Waals surface area contributed by atoms with Gasteiger partial charge in [-0.3, -0.25) is 9.08 Å². The maximum Gasteiger partial charge on any atom is 0.366 e. The number of rotatable bonds is 9. The van der Waals surface area contributed by atoms with Gasteiger partial charge in [0.25, 0.3) is 0 Å². The molecule has 0 aliphatic carbocycles. The second-order valence-corrected chi connectivity index (χ2v) is 13.6. The quantitative estimate of drug-likeness (QED) is 0.245. The lowest BCUT2D eigenvalue weighted by atomic mass is 10.0. The second-order valence-electron chi connectivity index (χ2n) is 11.3. The number of likely N-dealkylation sites (N-methyl/N-ethyl adjacent to an activating group) is 1. The van der Waals surface area contributed by atoms with Crippen molar-refractivity contribution >= 4 is 61.7 Å². The van der Waals surface area contributed by atoms with Gasteiger partial charge < -0.3 is 19.9 Å². The van der Waals surface area contributed by atoms with Crippen LogP contribution in [0.1, 0.15) is 19.8 Å². The van der Waals surface area contributed by atoms with Gasteiger partial charge in [0.2, 0.25) is 5.95 Å². The Balaban J connectivity index is 1.25. The Morgan fingerprint density at radius 3 is 2.47 bits per heavy atom. The van der Waals surface area contributed by atoms with Crippen molar-refractivity contribution in [2.75, 3.05) is 70.2 Å². The van der Waals surface area contributed by atoms with Gasteiger partial charge in [0.05, 0.1) is 52.5 Å². The van der Waals surface area contributed by atoms with Crippen molar-refractivity contribution in [1.29, 1.82) is 0 Å². The van der Waals surface area contributed by atoms with Crippen molar-refractivity contribution in [3.8, 4) is 17.0 Å². The van der Waals surface area contributed by atoms with Crippen LogP contribution in [0.5, 0.6) is 5.75 Å². The number of methoxy groups -OCH3 is 1. The minimum absolute atomic E-state index is 0.00454. The first-order chi connectivity index (χ1) is 21.7. The molecule has 6 rings (SSSR count). The molecule has 2 aliphatic heterocycles. The number of nitrogens with zero attached hydrogens (tertiary/aromatic N) is 6. The summed E-state index contributed by atoms with van der Waals surface area (Å²) in [4.78, 5) is 16.4. The molecule has 2 saturated heterocycles. The number of hydrogen-bond donors (Lipinski definition) is 1. The molecule has 11 nitrogen and oxygen atoms in total. The number of piperidine rings is 1. The lowest BCUT2D eigenvalue weighted by molar-refractivity contribution is 0.0982. The molecule has 0 bridgehead atoms. The number of nitrogens with one attached hydrogen (secondary N) is 1. The van der Waals surface area contributed by atoms with Crippen LogP contribution in [0.2, 0.25) is 10.0 Å². The molecule has 2 aromatic carbocycles. The predicted molar refractivity (Wildman–Crippen MR) is 180 cm³/mol. The van der Waals surface area contributed by atoms with Crippen molar-refractivity contribution in [2.45, 2.75) is 25.8 Å². The number of piperazine rings is 1. The Bertz CT molecular complexity index is 1790. The van der Waals surface area contributed by atoms with E-state index in [1.807, 2.05) is 24.3 Å². The summed E-state index contributed by atoms with van der Waals surface area (Å²) in [6.45, 7) is 7.95. The van der Waals surface area contributed by atoms with E-state index in [1.165, 1.54) is 12.4 Å². The Kier molecular flexibility index (Phi) is 9.42. The molecule has 2 aromatic heterocycles. The third-order valence-electron chi connectivity index (χ3n) is 8.56. The molecule has 240 valence electrons. The molecule has 45 heavy (non-hydrogen) atoms. The van der Waals surface area contributed by atoms with E-state index < -0.39 is 10.3 Å². The van der Waals surface area contributed by atoms with Gasteiger partial charge in [-0.1, -0.05) is 41.4 Å². The van der Waals surface area contributed by atoms with E-state index in [0.29, 0.717) is 44.7 Å². The Morgan fingerprint density at radius 2 is 1.76 bits per heavy atom. The van der Waals surface area contributed by atoms with Crippen LogP contribution in [0.15, 0.2) is 48.8 Å². The van der Waals surface area contributed by atoms with E-state index in [0.717, 1.165) is 61.8 Å². The number of para-hydroxylation sites is 1. The zero-order chi connectivity index (χ0) is 31.7. The maximum atomic E-state index is 12.9. The highest BCUT2D eigenvalue weighted by Gasteiger charge is 2.28. The molecule has 0 atom stereocenters. The Morgan fingerprint density at radius 1 is 1.02 bits per heavy atom. The predicted octanol–water partition coefficient (Wildman–Crippen LogP) is 5.50. The molecular formula is C31H37Cl2N7O4S. The zero-order valence-corrected chi connectivity index (χ0v) is 27.9. The number of benzene rings is 2. The third-order valence-corrected chi connectivity index (χ3v) is 10.5. The number of halogens is 2. The van der Waals surface area contributed by atoms with Crippen LogP contribution < -0.4 is 15.0 Å². The molecule has 0 spiro atoms. The van der Waals surface area contributed by atoms with E-state index in [-0.39, 0.29) is 17.6 Å². The largest absolute Gasteiger partial charge is 0.494 e. The summed E-state index contributed by atoms with van der Waals surface area (Å²) >= 11 is 13.4. The SMILES string of the molecule is CCOS(=O)(=O)n1cc(-c2nc(Nc3cc(Cl)c(N4CCC(N5CCN(C)CC5)CC4)cc3OC)ncc2Cl)c2ccccc21. The molecule has 4 aromatic rings. The molecule has 1 N–H and O–H groups in total. The zero-order valence-electron chi connectivity index (χ0n) is 25.5. The molecule has 0 saturated carbocycles. The number of ether oxygens (including phenoxy) is 1. The fourth-order valence-corrected chi connectivity index (χ4v) is 7.70. The molecule has 0 amide bonds. The van der Waals surface area contributed by atoms with Gasteiger partial charge in [0.1, 0.15) is 5.75 Å². The van der Waals surface area contributed by atoms with E-state index in [4.69, 9.17) is 32.1 Å². The normalized spacial score (nSPS) is 17.2. The fourth-order valence-electron chi connectivity index (χ4n) is 6.18. The molecule has 0 radical (unpaired) electrons. The van der Waals surface area contributed by atoms with Gasteiger partial charge in [0, 0.05) is 68.5 Å². The summed E-state index contributed by atoms with van der Waals surface area (Å²) in [5, 5.41) is 4.72. The molecule has 14 heteroatoms. The summed E-state index contributed by atoms with van der Waals surface area (Å²) in [7, 11) is -0.263. The topological polar surface area (TPSA) is 105 Å². The third kappa shape index (κ3) is 6.58. The minimum Gasteiger partial charge on any atom is -0.494 e. The maximum absolute atomic E-state index is 12.9. The number of anilines is 3. The summed E-state index contributed by atoms with van der Waals surface area (Å²) in [5.74, 6) is 0.837. The summed E-state index contributed by atoms with van der Waals surface area (Å²) < 4.78 is 37.6. The lowest BCUT2D eigenvalue weighted by Crippen LogP contribution is -2.52. The molecule has 4 heterocycles. The van der Waals surface area contributed by atoms with Gasteiger partial charge in [-0.05, 0) is 38.9 Å². The van der Waals surface area contributed by atoms with Crippen LogP contribution >= 0.6 is 23.2 Å². The highest BCUT2D eigenvalue weighted by molar-refractivity contribution is 7.85. The smallest absolute Gasteiger partial charge is 0.366 e. The first-order valence-corrected chi connectivity index (χ1v) is 17.2. The van der Waals surface area contributed by atoms with Gasteiger partial charge in [-0.25, -0.2) is 13.9 Å². The van der Waals surface area contributed by atoms with E-state index in [1.54, 1.807) is 26.2 Å². The monoisotopic (exact) mass is 673 g/mol. The van der Waals surface area contributed by atoms with Crippen LogP contribution in [0.4, 0.5) is 17.3 Å². The van der Waals surface area contributed by atoms with Crippen molar-refractivity contribution in [3.05, 3.63) is 58.8 Å². The minimum atomic E-state index is -4.06. The number of aromatic nitrogens is 3. The summed E-state index contributed by atoms with van der Waals surface area (Å²) in [6, 6.07) is 11.5. The molecule has 2 aliphatic rings. The fraction of sp³-hybridized carbons (Fsp3) is 0.419. The molecular weight excluding hydrogens is 637 g/mol. The van der Waals surface area contributed by atoms with Gasteiger partial charge in [0.15, 0.2) is 0 Å². The van der Waals surface area contributed by atoms with Gasteiger partial charge >= 0.3 is 10.3 Å². The molecule has 2 fully saturated rings. The van der Waals surface area contributed by atoms with E-state index in [2.05, 4.69) is 37.0 Å². The number of hydrogen-bond acceptors (Lipinski definition) is 10. The average molecular weight is 675 g/mol. The van der Waals surface area contributed by atoms with Gasteiger partial charge in [-0.15, -0.1) is 0 Å². The van der Waals surface area contributed by atoms with Crippen LogP contribution in [-0.2, 0) is 14.5 Å². The highest BCUT2D eigenvalue weighted by atomic mass is 35.5. The van der Waals surface area contributed by atoms with Crippen LogP contribution in [0.25, 0.3) is 22.2 Å². The summed E-state index contributed by atoms with van der Waals surface area (Å²) in [5.41, 5.74) is 2.84. The van der Waals surface area contributed by atoms with Crippen molar-refractivity contribution in [1.82, 2.24) is 23.7 Å². The standard InChI is InChI=1S/C31H37Cl2N7O4S/c1-4-44-45(41,42)40-20-23(22-7-5-6-8-27(22)40)30-25(33)19-34-31(36-30)35-26-17-24(32)28(18-29(26)43-3)39-11-9-21(10-12-39)38-15-13-37(2)14-16-38/h5-8,17-21H,4,9-16H2,1-3H3,(H,34,35,36). The second kappa shape index (κ2) is 13.3. The Labute approximate surface area is 273 Å².